The van der Waals surface area contributed by atoms with Crippen LogP contribution in [0.3, 0.4) is 0 Å². The minimum atomic E-state index is -0.663. The number of carbonyl (C=O) groups excluding carboxylic acids is 2. The van der Waals surface area contributed by atoms with Gasteiger partial charge in [0, 0.05) is 18.7 Å². The number of nitrogens with one attached hydrogen (secondary N) is 1. The maximum absolute atomic E-state index is 13.2. The van der Waals surface area contributed by atoms with E-state index in [2.05, 4.69) is 5.32 Å². The molecule has 0 aromatic heterocycles. The van der Waals surface area contributed by atoms with E-state index in [4.69, 9.17) is 5.26 Å². The molecule has 5 nitrogen and oxygen atoms in total. The summed E-state index contributed by atoms with van der Waals surface area (Å²) in [6.07, 6.45) is 0. The van der Waals surface area contributed by atoms with Gasteiger partial charge in [-0.3, -0.25) is 9.59 Å². The molecule has 0 unspecified atom stereocenters. The first kappa shape index (κ1) is 13.0. The van der Waals surface area contributed by atoms with Gasteiger partial charge in [0.15, 0.2) is 0 Å². The van der Waals surface area contributed by atoms with E-state index in [1.54, 1.807) is 13.0 Å². The van der Waals surface area contributed by atoms with Crippen LogP contribution in [0.25, 0.3) is 0 Å². The minimum Gasteiger partial charge on any atom is -0.353 e. The van der Waals surface area contributed by atoms with Crippen molar-refractivity contribution in [3.05, 3.63) is 35.1 Å². The summed E-state index contributed by atoms with van der Waals surface area (Å²) in [5.74, 6) is -1.26. The molecular weight excluding hydrogens is 249 g/mol. The zero-order valence-corrected chi connectivity index (χ0v) is 10.3. The molecule has 1 aliphatic heterocycles. The van der Waals surface area contributed by atoms with Gasteiger partial charge in [-0.1, -0.05) is 0 Å². The smallest absolute Gasteiger partial charge is 0.254 e. The molecule has 1 atom stereocenters. The van der Waals surface area contributed by atoms with Crippen LogP contribution in [0.2, 0.25) is 0 Å². The first-order valence-corrected chi connectivity index (χ1v) is 5.83. The summed E-state index contributed by atoms with van der Waals surface area (Å²) >= 11 is 0. The normalized spacial score (nSPS) is 18.7. The molecular formula is C13H12FN3O2. The fourth-order valence-electron chi connectivity index (χ4n) is 1.97. The van der Waals surface area contributed by atoms with Gasteiger partial charge < -0.3 is 10.2 Å². The summed E-state index contributed by atoms with van der Waals surface area (Å²) < 4.78 is 13.2. The van der Waals surface area contributed by atoms with Crippen LogP contribution in [-0.2, 0) is 4.79 Å². The Balaban J connectivity index is 2.29. The molecule has 0 bridgehead atoms. The van der Waals surface area contributed by atoms with Gasteiger partial charge in [0.2, 0.25) is 5.91 Å². The maximum Gasteiger partial charge on any atom is 0.254 e. The lowest BCUT2D eigenvalue weighted by Gasteiger charge is -2.32. The third-order valence-corrected chi connectivity index (χ3v) is 3.09. The van der Waals surface area contributed by atoms with Gasteiger partial charge in [-0.25, -0.2) is 4.39 Å². The first-order valence-electron chi connectivity index (χ1n) is 5.83. The zero-order chi connectivity index (χ0) is 14.0. The molecule has 0 radical (unpaired) electrons. The highest BCUT2D eigenvalue weighted by Crippen LogP contribution is 2.14. The van der Waals surface area contributed by atoms with Crippen LogP contribution in [0.1, 0.15) is 22.8 Å². The average Bonchev–Trinajstić information content (AvgIpc) is 2.41. The lowest BCUT2D eigenvalue weighted by molar-refractivity contribution is -0.127. The Morgan fingerprint density at radius 1 is 1.58 bits per heavy atom. The van der Waals surface area contributed by atoms with Gasteiger partial charge in [-0.2, -0.15) is 5.26 Å². The number of carbonyl (C=O) groups is 2. The van der Waals surface area contributed by atoms with E-state index in [1.165, 1.54) is 17.0 Å². The lowest BCUT2D eigenvalue weighted by atomic mass is 10.1. The molecule has 1 saturated heterocycles. The lowest BCUT2D eigenvalue weighted by Crippen LogP contribution is -2.55. The van der Waals surface area contributed by atoms with Crippen LogP contribution in [0, 0.1) is 17.1 Å². The highest BCUT2D eigenvalue weighted by atomic mass is 19.1. The summed E-state index contributed by atoms with van der Waals surface area (Å²) in [6, 6.07) is 4.72. The molecule has 1 aromatic carbocycles. The standard InChI is InChI=1S/C13H12FN3O2/c1-8-12(18)16-4-5-17(8)13(19)9-2-3-11(14)10(6-9)7-15/h2-3,6,8H,4-5H2,1H3,(H,16,18)/t8-/m1/s1. The number of nitriles is 1. The van der Waals surface area contributed by atoms with Crippen molar-refractivity contribution in [1.29, 1.82) is 5.26 Å². The van der Waals surface area contributed by atoms with E-state index < -0.39 is 11.9 Å². The number of halogens is 1. The van der Waals surface area contributed by atoms with E-state index in [0.29, 0.717) is 13.1 Å². The number of benzene rings is 1. The third-order valence-electron chi connectivity index (χ3n) is 3.09. The monoisotopic (exact) mass is 261 g/mol. The molecule has 19 heavy (non-hydrogen) atoms. The summed E-state index contributed by atoms with van der Waals surface area (Å²) in [5.41, 5.74) is 0.0273. The van der Waals surface area contributed by atoms with Crippen LogP contribution in [0.5, 0.6) is 0 Å². The van der Waals surface area contributed by atoms with Crippen LogP contribution >= 0.6 is 0 Å². The van der Waals surface area contributed by atoms with Gasteiger partial charge in [0.1, 0.15) is 17.9 Å². The zero-order valence-electron chi connectivity index (χ0n) is 10.3. The fraction of sp³-hybridized carbons (Fsp3) is 0.308. The van der Waals surface area contributed by atoms with Gasteiger partial charge in [-0.15, -0.1) is 0 Å². The van der Waals surface area contributed by atoms with Crippen molar-refractivity contribution in [3.8, 4) is 6.07 Å². The Bertz CT molecular complexity index is 580. The third kappa shape index (κ3) is 2.40. The van der Waals surface area contributed by atoms with Crippen molar-refractivity contribution < 1.29 is 14.0 Å². The van der Waals surface area contributed by atoms with Crippen molar-refractivity contribution in [2.45, 2.75) is 13.0 Å². The molecule has 1 aliphatic rings. The molecule has 98 valence electrons. The Hall–Kier alpha value is -2.42. The Morgan fingerprint density at radius 2 is 2.32 bits per heavy atom. The Labute approximate surface area is 109 Å². The molecule has 2 rings (SSSR count). The predicted octanol–water partition coefficient (Wildman–Crippen LogP) is 0.658. The van der Waals surface area contributed by atoms with E-state index in [0.717, 1.165) is 6.07 Å². The second-order valence-corrected chi connectivity index (χ2v) is 4.27. The summed E-state index contributed by atoms with van der Waals surface area (Å²) in [6.45, 7) is 2.41. The van der Waals surface area contributed by atoms with E-state index in [1.807, 2.05) is 0 Å². The number of amides is 2. The molecule has 0 saturated carbocycles. The molecule has 1 N–H and O–H groups in total. The number of hydrogen-bond donors (Lipinski definition) is 1. The largest absolute Gasteiger partial charge is 0.353 e. The second-order valence-electron chi connectivity index (χ2n) is 4.27. The molecule has 0 spiro atoms. The minimum absolute atomic E-state index is 0.181. The van der Waals surface area contributed by atoms with E-state index in [9.17, 15) is 14.0 Å². The molecule has 6 heteroatoms. The van der Waals surface area contributed by atoms with Crippen molar-refractivity contribution in [1.82, 2.24) is 10.2 Å². The molecule has 2 amide bonds. The topological polar surface area (TPSA) is 73.2 Å². The van der Waals surface area contributed by atoms with Crippen LogP contribution < -0.4 is 5.32 Å². The molecule has 1 heterocycles. The van der Waals surface area contributed by atoms with Crippen molar-refractivity contribution in [3.63, 3.8) is 0 Å². The highest BCUT2D eigenvalue weighted by Gasteiger charge is 2.30. The molecule has 1 fully saturated rings. The van der Waals surface area contributed by atoms with Crippen LogP contribution in [0.4, 0.5) is 4.39 Å². The fourth-order valence-corrected chi connectivity index (χ4v) is 1.97. The first-order chi connectivity index (χ1) is 9.04. The second kappa shape index (κ2) is 5.06. The van der Waals surface area contributed by atoms with E-state index >= 15 is 0 Å². The summed E-state index contributed by atoms with van der Waals surface area (Å²) in [5, 5.41) is 11.4. The summed E-state index contributed by atoms with van der Waals surface area (Å²) in [4.78, 5) is 25.2. The Kier molecular flexibility index (Phi) is 3.47. The number of hydrogen-bond acceptors (Lipinski definition) is 3. The van der Waals surface area contributed by atoms with Crippen molar-refractivity contribution in [2.24, 2.45) is 0 Å². The number of nitrogens with zero attached hydrogens (tertiary/aromatic N) is 2. The van der Waals surface area contributed by atoms with E-state index in [-0.39, 0.29) is 22.9 Å². The van der Waals surface area contributed by atoms with Gasteiger partial charge in [-0.05, 0) is 25.1 Å². The van der Waals surface area contributed by atoms with Gasteiger partial charge in [0.05, 0.1) is 5.56 Å². The van der Waals surface area contributed by atoms with Gasteiger partial charge in [0.25, 0.3) is 5.91 Å². The molecule has 0 aliphatic carbocycles. The number of piperazine rings is 1. The maximum atomic E-state index is 13.2. The Morgan fingerprint density at radius 3 is 3.00 bits per heavy atom. The molecule has 1 aromatic rings. The van der Waals surface area contributed by atoms with Crippen molar-refractivity contribution >= 4 is 11.8 Å². The van der Waals surface area contributed by atoms with Gasteiger partial charge >= 0.3 is 0 Å². The van der Waals surface area contributed by atoms with Crippen molar-refractivity contribution in [2.75, 3.05) is 13.1 Å². The number of rotatable bonds is 1. The van der Waals surface area contributed by atoms with Crippen LogP contribution in [-0.4, -0.2) is 35.8 Å². The predicted molar refractivity (Wildman–Crippen MR) is 64.6 cm³/mol. The quantitative estimate of drug-likeness (QED) is 0.807. The SMILES string of the molecule is C[C@@H]1C(=O)NCCN1C(=O)c1ccc(F)c(C#N)c1. The average molecular weight is 261 g/mol. The summed E-state index contributed by atoms with van der Waals surface area (Å²) in [7, 11) is 0. The highest BCUT2D eigenvalue weighted by molar-refractivity contribution is 5.98. The van der Waals surface area contributed by atoms with Crippen LogP contribution in [0.15, 0.2) is 18.2 Å².